The van der Waals surface area contributed by atoms with Crippen molar-refractivity contribution in [1.29, 1.82) is 0 Å². The second-order valence-electron chi connectivity index (χ2n) is 10.9. The van der Waals surface area contributed by atoms with Crippen molar-refractivity contribution in [3.8, 4) is 11.1 Å². The number of methoxy groups -OCH3 is 2. The standard InChI is InChI=1S/C30H40N2O6/c1-8-20(2)25(31-28(35)38-29(3,4)5)26(33)32-19-30(37-7,18-24(32)27(34)36-6)23-16-14-22(15-17-23)21-12-10-9-11-13-21/h9-17,20,24-25H,8,18-19H2,1-7H3,(H,31,35)/t20?,24-,25?,30-/m0/s1. The fourth-order valence-corrected chi connectivity index (χ4v) is 4.82. The van der Waals surface area contributed by atoms with Gasteiger partial charge in [0.15, 0.2) is 0 Å². The summed E-state index contributed by atoms with van der Waals surface area (Å²) in [6, 6.07) is 16.2. The summed E-state index contributed by atoms with van der Waals surface area (Å²) in [5.41, 5.74) is 1.35. The van der Waals surface area contributed by atoms with Crippen LogP contribution in [-0.2, 0) is 29.4 Å². The van der Waals surface area contributed by atoms with Crippen LogP contribution in [0.25, 0.3) is 11.1 Å². The van der Waals surface area contributed by atoms with Crippen LogP contribution in [0.2, 0.25) is 0 Å². The average molecular weight is 525 g/mol. The Balaban J connectivity index is 1.93. The smallest absolute Gasteiger partial charge is 0.408 e. The van der Waals surface area contributed by atoms with Crippen molar-refractivity contribution >= 4 is 18.0 Å². The third kappa shape index (κ3) is 6.54. The summed E-state index contributed by atoms with van der Waals surface area (Å²) in [6.45, 7) is 9.24. The monoisotopic (exact) mass is 524 g/mol. The van der Waals surface area contributed by atoms with Gasteiger partial charge in [-0.15, -0.1) is 0 Å². The molecule has 1 heterocycles. The molecule has 0 aliphatic carbocycles. The van der Waals surface area contributed by atoms with Gasteiger partial charge in [0.05, 0.1) is 13.7 Å². The Morgan fingerprint density at radius 3 is 2.16 bits per heavy atom. The molecule has 1 N–H and O–H groups in total. The SMILES string of the molecule is CCC(C)C(NC(=O)OC(C)(C)C)C(=O)N1C[C@](OC)(c2ccc(-c3ccccc3)cc2)C[C@H]1C(=O)OC. The molecule has 3 rings (SSSR count). The molecule has 38 heavy (non-hydrogen) atoms. The summed E-state index contributed by atoms with van der Waals surface area (Å²) in [6.07, 6.45) is 0.186. The molecule has 2 amide bonds. The lowest BCUT2D eigenvalue weighted by atomic mass is 9.89. The Morgan fingerprint density at radius 2 is 1.63 bits per heavy atom. The largest absolute Gasteiger partial charge is 0.467 e. The van der Waals surface area contributed by atoms with Gasteiger partial charge < -0.3 is 24.4 Å². The number of benzene rings is 2. The van der Waals surface area contributed by atoms with Crippen LogP contribution in [0.1, 0.15) is 53.0 Å². The molecule has 0 spiro atoms. The van der Waals surface area contributed by atoms with Crippen molar-refractivity contribution in [1.82, 2.24) is 10.2 Å². The van der Waals surface area contributed by atoms with Gasteiger partial charge in [0, 0.05) is 13.5 Å². The van der Waals surface area contributed by atoms with Crippen LogP contribution in [0.5, 0.6) is 0 Å². The number of nitrogens with zero attached hydrogens (tertiary/aromatic N) is 1. The number of nitrogens with one attached hydrogen (secondary N) is 1. The van der Waals surface area contributed by atoms with Crippen molar-refractivity contribution in [2.75, 3.05) is 20.8 Å². The average Bonchev–Trinajstić information content (AvgIpc) is 3.31. The van der Waals surface area contributed by atoms with Gasteiger partial charge in [0.2, 0.25) is 5.91 Å². The zero-order chi connectivity index (χ0) is 28.1. The van der Waals surface area contributed by atoms with Crippen molar-refractivity contribution in [2.45, 2.75) is 70.7 Å². The maximum atomic E-state index is 13.9. The van der Waals surface area contributed by atoms with Crippen molar-refractivity contribution in [3.05, 3.63) is 60.2 Å². The minimum absolute atomic E-state index is 0.135. The number of alkyl carbamates (subject to hydrolysis) is 1. The maximum Gasteiger partial charge on any atom is 0.408 e. The number of esters is 1. The van der Waals surface area contributed by atoms with Gasteiger partial charge in [-0.05, 0) is 43.4 Å². The molecule has 8 heteroatoms. The van der Waals surface area contributed by atoms with Gasteiger partial charge in [-0.25, -0.2) is 9.59 Å². The van der Waals surface area contributed by atoms with Crippen molar-refractivity contribution in [2.24, 2.45) is 5.92 Å². The molecule has 8 nitrogen and oxygen atoms in total. The number of carbonyl (C=O) groups is 3. The number of rotatable bonds is 8. The summed E-state index contributed by atoms with van der Waals surface area (Å²) in [5, 5.41) is 2.74. The van der Waals surface area contributed by atoms with Crippen LogP contribution in [-0.4, -0.2) is 61.3 Å². The fraction of sp³-hybridized carbons (Fsp3) is 0.500. The summed E-state index contributed by atoms with van der Waals surface area (Å²) in [7, 11) is 2.88. The van der Waals surface area contributed by atoms with Crippen molar-refractivity contribution < 1.29 is 28.6 Å². The Bertz CT molecular complexity index is 1110. The molecule has 4 atom stereocenters. The van der Waals surface area contributed by atoms with Gasteiger partial charge in [-0.2, -0.15) is 0 Å². The minimum atomic E-state index is -0.921. The molecule has 0 saturated carbocycles. The molecule has 0 bridgehead atoms. The Hall–Kier alpha value is -3.39. The van der Waals surface area contributed by atoms with Crippen LogP contribution in [0.4, 0.5) is 4.79 Å². The summed E-state index contributed by atoms with van der Waals surface area (Å²) in [4.78, 5) is 40.9. The van der Waals surface area contributed by atoms with Gasteiger partial charge in [-0.3, -0.25) is 4.79 Å². The molecule has 0 aromatic heterocycles. The highest BCUT2D eigenvalue weighted by molar-refractivity contribution is 5.91. The van der Waals surface area contributed by atoms with Gasteiger partial charge >= 0.3 is 12.1 Å². The highest BCUT2D eigenvalue weighted by atomic mass is 16.6. The molecule has 2 aromatic rings. The first-order chi connectivity index (χ1) is 17.9. The zero-order valence-electron chi connectivity index (χ0n) is 23.4. The quantitative estimate of drug-likeness (QED) is 0.493. The van der Waals surface area contributed by atoms with E-state index in [9.17, 15) is 14.4 Å². The number of hydrogen-bond donors (Lipinski definition) is 1. The molecule has 1 fully saturated rings. The lowest BCUT2D eigenvalue weighted by Crippen LogP contribution is -2.55. The molecule has 0 radical (unpaired) electrons. The highest BCUT2D eigenvalue weighted by Crippen LogP contribution is 2.40. The summed E-state index contributed by atoms with van der Waals surface area (Å²) < 4.78 is 16.5. The first-order valence-electron chi connectivity index (χ1n) is 13.0. The molecule has 2 aromatic carbocycles. The van der Waals surface area contributed by atoms with E-state index in [4.69, 9.17) is 14.2 Å². The molecule has 1 aliphatic rings. The van der Waals surface area contributed by atoms with Gasteiger partial charge in [0.25, 0.3) is 0 Å². The predicted molar refractivity (Wildman–Crippen MR) is 145 cm³/mol. The minimum Gasteiger partial charge on any atom is -0.467 e. The van der Waals surface area contributed by atoms with Gasteiger partial charge in [0.1, 0.15) is 23.3 Å². The molecule has 1 aliphatic heterocycles. The Labute approximate surface area is 225 Å². The normalized spacial score (nSPS) is 20.9. The third-order valence-corrected chi connectivity index (χ3v) is 7.14. The number of ether oxygens (including phenoxy) is 3. The predicted octanol–water partition coefficient (Wildman–Crippen LogP) is 4.91. The number of carbonyl (C=O) groups excluding carboxylic acids is 3. The lowest BCUT2D eigenvalue weighted by Gasteiger charge is -2.32. The van der Waals surface area contributed by atoms with E-state index < -0.39 is 35.3 Å². The van der Waals surface area contributed by atoms with Gasteiger partial charge in [-0.1, -0.05) is 74.9 Å². The molecule has 2 unspecified atom stereocenters. The van der Waals surface area contributed by atoms with E-state index in [2.05, 4.69) is 5.32 Å². The fourth-order valence-electron chi connectivity index (χ4n) is 4.82. The lowest BCUT2D eigenvalue weighted by molar-refractivity contribution is -0.152. The van der Waals surface area contributed by atoms with Crippen LogP contribution in [0.3, 0.4) is 0 Å². The number of amides is 2. The number of hydrogen-bond acceptors (Lipinski definition) is 6. The summed E-state index contributed by atoms with van der Waals surface area (Å²) in [5.74, 6) is -1.10. The van der Waals surface area contributed by atoms with Crippen LogP contribution in [0.15, 0.2) is 54.6 Å². The molecule has 206 valence electrons. The molecular formula is C30H40N2O6. The first kappa shape index (κ1) is 29.2. The van der Waals surface area contributed by atoms with E-state index >= 15 is 0 Å². The van der Waals surface area contributed by atoms with Crippen LogP contribution in [0, 0.1) is 5.92 Å². The zero-order valence-corrected chi connectivity index (χ0v) is 23.4. The van der Waals surface area contributed by atoms with Crippen LogP contribution >= 0.6 is 0 Å². The van der Waals surface area contributed by atoms with E-state index in [0.29, 0.717) is 6.42 Å². The van der Waals surface area contributed by atoms with E-state index in [1.807, 2.05) is 68.4 Å². The number of likely N-dealkylation sites (tertiary alicyclic amines) is 1. The maximum absolute atomic E-state index is 13.9. The third-order valence-electron chi connectivity index (χ3n) is 7.14. The second kappa shape index (κ2) is 12.0. The second-order valence-corrected chi connectivity index (χ2v) is 10.9. The van der Waals surface area contributed by atoms with E-state index in [-0.39, 0.29) is 24.8 Å². The van der Waals surface area contributed by atoms with Crippen molar-refractivity contribution in [3.63, 3.8) is 0 Å². The van der Waals surface area contributed by atoms with E-state index in [1.54, 1.807) is 27.9 Å². The Kier molecular flexibility index (Phi) is 9.20. The highest BCUT2D eigenvalue weighted by Gasteiger charge is 2.52. The first-order valence-corrected chi connectivity index (χ1v) is 13.0. The molecule has 1 saturated heterocycles. The Morgan fingerprint density at radius 1 is 1.03 bits per heavy atom. The topological polar surface area (TPSA) is 94.2 Å². The van der Waals surface area contributed by atoms with E-state index in [1.165, 1.54) is 12.0 Å². The van der Waals surface area contributed by atoms with E-state index in [0.717, 1.165) is 16.7 Å². The summed E-state index contributed by atoms with van der Waals surface area (Å²) >= 11 is 0. The molecular weight excluding hydrogens is 484 g/mol. The van der Waals surface area contributed by atoms with Crippen LogP contribution < -0.4 is 5.32 Å².